The lowest BCUT2D eigenvalue weighted by Crippen LogP contribution is -2.23. The molecule has 1 amide bonds. The lowest BCUT2D eigenvalue weighted by Gasteiger charge is -2.06. The Bertz CT molecular complexity index is 592. The summed E-state index contributed by atoms with van der Waals surface area (Å²) in [5.41, 5.74) is 7.31. The Morgan fingerprint density at radius 3 is 2.70 bits per heavy atom. The number of nitrogens with one attached hydrogen (secondary N) is 1. The zero-order valence-corrected chi connectivity index (χ0v) is 12.8. The Hall–Kier alpha value is -1.59. The van der Waals surface area contributed by atoms with Crippen LogP contribution in [0.3, 0.4) is 0 Å². The molecule has 0 aliphatic rings. The third kappa shape index (κ3) is 3.95. The molecule has 0 aliphatic heterocycles. The second-order valence-corrected chi connectivity index (χ2v) is 5.21. The van der Waals surface area contributed by atoms with E-state index in [4.69, 9.17) is 5.73 Å². The van der Waals surface area contributed by atoms with Gasteiger partial charge in [0.15, 0.2) is 0 Å². The maximum Gasteiger partial charge on any atom is 0.225 e. The zero-order chi connectivity index (χ0) is 14.0. The number of nitrogens with two attached hydrogens (primary N) is 1. The fraction of sp³-hybridized carbons (Fsp3) is 0.429. The van der Waals surface area contributed by atoms with Crippen LogP contribution >= 0.6 is 12.4 Å². The molecule has 6 heteroatoms. The van der Waals surface area contributed by atoms with Crippen molar-refractivity contribution in [2.75, 3.05) is 5.32 Å². The van der Waals surface area contributed by atoms with E-state index in [-0.39, 0.29) is 24.4 Å². The van der Waals surface area contributed by atoms with Crippen molar-refractivity contribution in [3.63, 3.8) is 0 Å². The van der Waals surface area contributed by atoms with Crippen molar-refractivity contribution < 1.29 is 4.79 Å². The molecular weight excluding hydrogens is 276 g/mol. The minimum Gasteiger partial charge on any atom is -0.327 e. The number of amides is 1. The maximum atomic E-state index is 11.7. The van der Waals surface area contributed by atoms with E-state index in [1.807, 2.05) is 36.0 Å². The van der Waals surface area contributed by atoms with Crippen molar-refractivity contribution in [3.05, 3.63) is 24.4 Å². The highest BCUT2D eigenvalue weighted by atomic mass is 35.5. The molecular formula is C14H21ClN4O. The largest absolute Gasteiger partial charge is 0.327 e. The van der Waals surface area contributed by atoms with Gasteiger partial charge < -0.3 is 11.1 Å². The molecule has 110 valence electrons. The summed E-state index contributed by atoms with van der Waals surface area (Å²) in [6.07, 6.45) is 2.31. The van der Waals surface area contributed by atoms with Crippen LogP contribution in [0.5, 0.6) is 0 Å². The van der Waals surface area contributed by atoms with Crippen LogP contribution in [0.15, 0.2) is 24.4 Å². The van der Waals surface area contributed by atoms with Gasteiger partial charge in [-0.25, -0.2) is 0 Å². The summed E-state index contributed by atoms with van der Waals surface area (Å²) >= 11 is 0. The lowest BCUT2D eigenvalue weighted by atomic mass is 10.2. The van der Waals surface area contributed by atoms with E-state index in [0.29, 0.717) is 12.5 Å². The summed E-state index contributed by atoms with van der Waals surface area (Å²) in [5.74, 6) is -0.0643. The highest BCUT2D eigenvalue weighted by Crippen LogP contribution is 2.19. The fourth-order valence-corrected chi connectivity index (χ4v) is 1.89. The second-order valence-electron chi connectivity index (χ2n) is 5.21. The minimum absolute atomic E-state index is 0. The highest BCUT2D eigenvalue weighted by Gasteiger charge is 2.08. The number of hydrogen-bond donors (Lipinski definition) is 2. The smallest absolute Gasteiger partial charge is 0.225 e. The number of fused-ring (bicyclic) bond motifs is 1. The third-order valence-electron chi connectivity index (χ3n) is 2.84. The second kappa shape index (κ2) is 6.72. The predicted octanol–water partition coefficient (Wildman–Crippen LogP) is 2.71. The van der Waals surface area contributed by atoms with E-state index in [9.17, 15) is 4.79 Å². The fourth-order valence-electron chi connectivity index (χ4n) is 1.89. The first-order valence-electron chi connectivity index (χ1n) is 6.50. The number of hydrogen-bond acceptors (Lipinski definition) is 3. The van der Waals surface area contributed by atoms with E-state index < -0.39 is 0 Å². The molecule has 0 saturated heterocycles. The van der Waals surface area contributed by atoms with Crippen molar-refractivity contribution in [2.24, 2.45) is 5.73 Å². The first kappa shape index (κ1) is 16.5. The van der Waals surface area contributed by atoms with Crippen LogP contribution in [0, 0.1) is 0 Å². The van der Waals surface area contributed by atoms with E-state index >= 15 is 0 Å². The van der Waals surface area contributed by atoms with E-state index in [1.165, 1.54) is 0 Å². The maximum absolute atomic E-state index is 11.7. The van der Waals surface area contributed by atoms with Gasteiger partial charge in [0.1, 0.15) is 0 Å². The number of anilines is 1. The van der Waals surface area contributed by atoms with Crippen molar-refractivity contribution in [1.82, 2.24) is 9.78 Å². The van der Waals surface area contributed by atoms with Gasteiger partial charge in [0.25, 0.3) is 0 Å². The average molecular weight is 297 g/mol. The number of halogens is 1. The van der Waals surface area contributed by atoms with Gasteiger partial charge >= 0.3 is 0 Å². The molecule has 5 nitrogen and oxygen atoms in total. The highest BCUT2D eigenvalue weighted by molar-refractivity contribution is 5.93. The van der Waals surface area contributed by atoms with Gasteiger partial charge in [-0.15, -0.1) is 12.4 Å². The molecule has 0 radical (unpaired) electrons. The summed E-state index contributed by atoms with van der Waals surface area (Å²) in [5, 5.41) is 8.33. The summed E-state index contributed by atoms with van der Waals surface area (Å²) in [7, 11) is 0. The summed E-state index contributed by atoms with van der Waals surface area (Å²) in [6.45, 7) is 5.98. The number of aromatic nitrogens is 2. The van der Waals surface area contributed by atoms with Crippen LogP contribution in [0.2, 0.25) is 0 Å². The van der Waals surface area contributed by atoms with Gasteiger partial charge in [0, 0.05) is 35.8 Å². The molecule has 1 unspecified atom stereocenters. The molecule has 0 fully saturated rings. The quantitative estimate of drug-likeness (QED) is 0.911. The van der Waals surface area contributed by atoms with Crippen LogP contribution in [0.1, 0.15) is 33.2 Å². The van der Waals surface area contributed by atoms with Gasteiger partial charge in [-0.2, -0.15) is 5.10 Å². The number of carbonyl (C=O) groups is 1. The Kier molecular flexibility index (Phi) is 5.53. The summed E-state index contributed by atoms with van der Waals surface area (Å²) in [6, 6.07) is 5.89. The Balaban J connectivity index is 0.00000200. The third-order valence-corrected chi connectivity index (χ3v) is 2.84. The molecule has 0 saturated carbocycles. The molecule has 1 aromatic carbocycles. The number of carbonyl (C=O) groups excluding carboxylic acids is 1. The average Bonchev–Trinajstić information content (AvgIpc) is 2.70. The monoisotopic (exact) mass is 296 g/mol. The zero-order valence-electron chi connectivity index (χ0n) is 12.0. The number of benzene rings is 1. The van der Waals surface area contributed by atoms with Crippen LogP contribution < -0.4 is 11.1 Å². The van der Waals surface area contributed by atoms with Crippen molar-refractivity contribution in [3.8, 4) is 0 Å². The van der Waals surface area contributed by atoms with Gasteiger partial charge in [0.05, 0.1) is 5.52 Å². The van der Waals surface area contributed by atoms with Crippen LogP contribution in [0.4, 0.5) is 5.69 Å². The van der Waals surface area contributed by atoms with Crippen LogP contribution in [0.25, 0.3) is 10.9 Å². The Labute approximate surface area is 124 Å². The Morgan fingerprint density at radius 1 is 1.40 bits per heavy atom. The molecule has 2 aromatic rings. The van der Waals surface area contributed by atoms with Crippen LogP contribution in [-0.2, 0) is 4.79 Å². The molecule has 0 bridgehead atoms. The molecule has 3 N–H and O–H groups in total. The number of rotatable bonds is 4. The molecule has 2 rings (SSSR count). The first-order chi connectivity index (χ1) is 8.95. The van der Waals surface area contributed by atoms with Gasteiger partial charge in [0.2, 0.25) is 5.91 Å². The van der Waals surface area contributed by atoms with Gasteiger partial charge in [-0.3, -0.25) is 9.48 Å². The topological polar surface area (TPSA) is 72.9 Å². The molecule has 20 heavy (non-hydrogen) atoms. The lowest BCUT2D eigenvalue weighted by molar-refractivity contribution is -0.116. The molecule has 0 aliphatic carbocycles. The van der Waals surface area contributed by atoms with E-state index in [0.717, 1.165) is 16.6 Å². The van der Waals surface area contributed by atoms with Gasteiger partial charge in [-0.05, 0) is 39.0 Å². The molecule has 1 atom stereocenters. The summed E-state index contributed by atoms with van der Waals surface area (Å²) in [4.78, 5) is 11.7. The minimum atomic E-state index is -0.132. The van der Waals surface area contributed by atoms with Crippen molar-refractivity contribution in [2.45, 2.75) is 39.3 Å². The first-order valence-corrected chi connectivity index (χ1v) is 6.50. The van der Waals surface area contributed by atoms with Crippen molar-refractivity contribution >= 4 is 34.9 Å². The molecule has 0 spiro atoms. The Morgan fingerprint density at radius 2 is 2.10 bits per heavy atom. The normalized spacial score (nSPS) is 12.2. The standard InChI is InChI=1S/C14H20N4O.ClH/c1-9(2)18-8-11-7-12(4-5-13(11)17-18)16-14(19)6-10(3)15;/h4-5,7-10H,6,15H2,1-3H3,(H,16,19);1H. The molecule has 1 aromatic heterocycles. The van der Waals surface area contributed by atoms with Crippen LogP contribution in [-0.4, -0.2) is 21.7 Å². The van der Waals surface area contributed by atoms with E-state index in [2.05, 4.69) is 24.3 Å². The van der Waals surface area contributed by atoms with Crippen molar-refractivity contribution in [1.29, 1.82) is 0 Å². The SMILES string of the molecule is CC(N)CC(=O)Nc1ccc2nn(C(C)C)cc2c1.Cl. The number of nitrogens with zero attached hydrogens (tertiary/aromatic N) is 2. The molecule has 1 heterocycles. The summed E-state index contributed by atoms with van der Waals surface area (Å²) < 4.78 is 1.91. The van der Waals surface area contributed by atoms with E-state index in [1.54, 1.807) is 0 Å². The predicted molar refractivity (Wildman–Crippen MR) is 84.3 cm³/mol. The van der Waals surface area contributed by atoms with Gasteiger partial charge in [-0.1, -0.05) is 0 Å².